The molecule has 0 atom stereocenters. The number of imidazole rings is 1. The van der Waals surface area contributed by atoms with Crippen molar-refractivity contribution in [3.05, 3.63) is 176 Å². The number of thiophene rings is 1. The van der Waals surface area contributed by atoms with Gasteiger partial charge in [-0.05, 0) is 71.8 Å². The number of nitrogens with zero attached hydrogens (tertiary/aromatic N) is 5. The first-order valence-corrected chi connectivity index (χ1v) is 18.5. The minimum Gasteiger partial charge on any atom is -0.309 e. The van der Waals surface area contributed by atoms with Crippen molar-refractivity contribution in [3.8, 4) is 45.1 Å². The average Bonchev–Trinajstić information content (AvgIpc) is 3.91. The fourth-order valence-corrected chi connectivity index (χ4v) is 9.10. The Bertz CT molecular complexity index is 3150. The Labute approximate surface area is 308 Å². The van der Waals surface area contributed by atoms with Crippen LogP contribution in [0.3, 0.4) is 0 Å². The average molecular weight is 696 g/mol. The summed E-state index contributed by atoms with van der Waals surface area (Å²) in [6, 6.07) is 56.7. The van der Waals surface area contributed by atoms with Crippen molar-refractivity contribution in [3.63, 3.8) is 0 Å². The van der Waals surface area contributed by atoms with Gasteiger partial charge in [-0.15, -0.1) is 11.3 Å². The van der Waals surface area contributed by atoms with E-state index in [4.69, 9.17) is 4.98 Å². The lowest BCUT2D eigenvalue weighted by molar-refractivity contribution is 1.09. The number of para-hydroxylation sites is 3. The highest BCUT2D eigenvalue weighted by atomic mass is 32.1. The molecule has 7 aromatic carbocycles. The minimum absolute atomic E-state index is 0.845. The van der Waals surface area contributed by atoms with Crippen LogP contribution in [0, 0.1) is 0 Å². The maximum absolute atomic E-state index is 5.11. The first-order valence-electron chi connectivity index (χ1n) is 17.7. The van der Waals surface area contributed by atoms with E-state index in [2.05, 4.69) is 171 Å². The maximum atomic E-state index is 5.11. The molecule has 0 saturated carbocycles. The van der Waals surface area contributed by atoms with Crippen LogP contribution in [0.1, 0.15) is 0 Å². The maximum Gasteiger partial charge on any atom is 0.145 e. The molecule has 0 amide bonds. The monoisotopic (exact) mass is 695 g/mol. The Morgan fingerprint density at radius 1 is 0.472 bits per heavy atom. The summed E-state index contributed by atoms with van der Waals surface area (Å²) >= 11 is 1.88. The Kier molecular flexibility index (Phi) is 6.66. The summed E-state index contributed by atoms with van der Waals surface area (Å²) in [5.74, 6) is 0.891. The second-order valence-electron chi connectivity index (χ2n) is 13.3. The van der Waals surface area contributed by atoms with Gasteiger partial charge in [-0.2, -0.15) is 0 Å². The standard InChI is InChI=1S/C47H29N5S/c1-4-13-42-36(8-1)39-28-32(35-10-7-11-38-37-9-2-6-15-45(37)53-46(35)38)20-25-43(39)51(42)33-21-23-34(24-22-33)52-44-14-5-3-12-40(44)50-47(52)31-18-16-30(17-19-31)41-29-48-26-27-49-41/h1-29H. The molecule has 248 valence electrons. The van der Waals surface area contributed by atoms with Gasteiger partial charge in [0.1, 0.15) is 5.82 Å². The first kappa shape index (κ1) is 29.8. The van der Waals surface area contributed by atoms with Crippen molar-refractivity contribution in [2.75, 3.05) is 0 Å². The quantitative estimate of drug-likeness (QED) is 0.180. The van der Waals surface area contributed by atoms with Gasteiger partial charge in [-0.1, -0.05) is 97.1 Å². The van der Waals surface area contributed by atoms with Gasteiger partial charge in [0.25, 0.3) is 0 Å². The van der Waals surface area contributed by atoms with Crippen molar-refractivity contribution < 1.29 is 0 Å². The van der Waals surface area contributed by atoms with Gasteiger partial charge in [0, 0.05) is 65.8 Å². The topological polar surface area (TPSA) is 48.5 Å². The fourth-order valence-electron chi connectivity index (χ4n) is 7.86. The minimum atomic E-state index is 0.845. The summed E-state index contributed by atoms with van der Waals surface area (Å²) in [4.78, 5) is 13.8. The summed E-state index contributed by atoms with van der Waals surface area (Å²) in [5, 5.41) is 5.12. The van der Waals surface area contributed by atoms with E-state index in [9.17, 15) is 0 Å². The highest BCUT2D eigenvalue weighted by molar-refractivity contribution is 7.26. The smallest absolute Gasteiger partial charge is 0.145 e. The molecule has 0 aliphatic rings. The van der Waals surface area contributed by atoms with Crippen LogP contribution < -0.4 is 0 Å². The number of hydrogen-bond acceptors (Lipinski definition) is 4. The number of aromatic nitrogens is 5. The highest BCUT2D eigenvalue weighted by Gasteiger charge is 2.18. The summed E-state index contributed by atoms with van der Waals surface area (Å²) in [6.07, 6.45) is 5.20. The molecule has 0 aliphatic carbocycles. The third-order valence-corrected chi connectivity index (χ3v) is 11.5. The number of hydrogen-bond donors (Lipinski definition) is 0. The molecule has 0 unspecified atom stereocenters. The zero-order valence-corrected chi connectivity index (χ0v) is 29.2. The highest BCUT2D eigenvalue weighted by Crippen LogP contribution is 2.42. The van der Waals surface area contributed by atoms with E-state index in [1.54, 1.807) is 18.6 Å². The molecule has 5 nitrogen and oxygen atoms in total. The summed E-state index contributed by atoms with van der Waals surface area (Å²) < 4.78 is 7.29. The van der Waals surface area contributed by atoms with Crippen molar-refractivity contribution >= 4 is 64.3 Å². The van der Waals surface area contributed by atoms with E-state index in [0.29, 0.717) is 0 Å². The largest absolute Gasteiger partial charge is 0.309 e. The van der Waals surface area contributed by atoms with Gasteiger partial charge >= 0.3 is 0 Å². The SMILES string of the molecule is c1ccc2c(c1)nc(-c1ccc(-c3cnccn3)cc1)n2-c1ccc(-n2c3ccccc3c3cc(-c4cccc5c4sc4ccccc45)ccc32)cc1. The van der Waals surface area contributed by atoms with Crippen LogP contribution in [0.2, 0.25) is 0 Å². The molecule has 11 rings (SSSR count). The molecule has 0 spiro atoms. The number of fused-ring (bicyclic) bond motifs is 7. The van der Waals surface area contributed by atoms with Gasteiger partial charge < -0.3 is 4.57 Å². The van der Waals surface area contributed by atoms with Crippen molar-refractivity contribution in [2.45, 2.75) is 0 Å². The van der Waals surface area contributed by atoms with Crippen LogP contribution in [0.4, 0.5) is 0 Å². The van der Waals surface area contributed by atoms with E-state index in [1.807, 2.05) is 17.4 Å². The zero-order chi connectivity index (χ0) is 34.9. The van der Waals surface area contributed by atoms with E-state index < -0.39 is 0 Å². The van der Waals surface area contributed by atoms with Crippen molar-refractivity contribution in [2.24, 2.45) is 0 Å². The van der Waals surface area contributed by atoms with Crippen molar-refractivity contribution in [1.82, 2.24) is 24.1 Å². The van der Waals surface area contributed by atoms with E-state index >= 15 is 0 Å². The summed E-state index contributed by atoms with van der Waals surface area (Å²) in [6.45, 7) is 0. The van der Waals surface area contributed by atoms with Gasteiger partial charge in [0.2, 0.25) is 0 Å². The third-order valence-electron chi connectivity index (χ3n) is 10.3. The molecule has 0 saturated heterocycles. The lowest BCUT2D eigenvalue weighted by atomic mass is 10.0. The molecular weight excluding hydrogens is 667 g/mol. The number of rotatable bonds is 5. The fraction of sp³-hybridized carbons (Fsp3) is 0. The predicted molar refractivity (Wildman–Crippen MR) is 220 cm³/mol. The normalized spacial score (nSPS) is 11.8. The molecule has 11 aromatic rings. The van der Waals surface area contributed by atoms with Gasteiger partial charge in [0.05, 0.1) is 34.0 Å². The van der Waals surface area contributed by atoms with Crippen LogP contribution in [0.5, 0.6) is 0 Å². The molecule has 0 N–H and O–H groups in total. The van der Waals surface area contributed by atoms with E-state index in [0.717, 1.165) is 45.1 Å². The molecule has 53 heavy (non-hydrogen) atoms. The van der Waals surface area contributed by atoms with Gasteiger partial charge in [0.15, 0.2) is 0 Å². The summed E-state index contributed by atoms with van der Waals surface area (Å²) in [5.41, 5.74) is 11.9. The van der Waals surface area contributed by atoms with Crippen LogP contribution in [-0.4, -0.2) is 24.1 Å². The van der Waals surface area contributed by atoms with Crippen LogP contribution in [-0.2, 0) is 0 Å². The van der Waals surface area contributed by atoms with Crippen LogP contribution >= 0.6 is 11.3 Å². The molecule has 0 aliphatic heterocycles. The van der Waals surface area contributed by atoms with Gasteiger partial charge in [-0.25, -0.2) is 4.98 Å². The van der Waals surface area contributed by atoms with Crippen molar-refractivity contribution in [1.29, 1.82) is 0 Å². The lowest BCUT2D eigenvalue weighted by Crippen LogP contribution is -1.99. The molecule has 0 radical (unpaired) electrons. The molecule has 4 aromatic heterocycles. The second kappa shape index (κ2) is 11.8. The van der Waals surface area contributed by atoms with E-state index in [-0.39, 0.29) is 0 Å². The molecule has 6 heteroatoms. The predicted octanol–water partition coefficient (Wildman–Crippen LogP) is 12.3. The van der Waals surface area contributed by atoms with Gasteiger partial charge in [-0.3, -0.25) is 14.5 Å². The summed E-state index contributed by atoms with van der Waals surface area (Å²) in [7, 11) is 0. The molecule has 4 heterocycles. The Morgan fingerprint density at radius 2 is 1.15 bits per heavy atom. The second-order valence-corrected chi connectivity index (χ2v) is 14.4. The molecule has 0 bridgehead atoms. The molecular formula is C47H29N5S. The Morgan fingerprint density at radius 3 is 1.98 bits per heavy atom. The molecule has 0 fully saturated rings. The first-order chi connectivity index (χ1) is 26.3. The Hall–Kier alpha value is -6.89. The van der Waals surface area contributed by atoms with Crippen LogP contribution in [0.25, 0.3) is 98.2 Å². The van der Waals surface area contributed by atoms with E-state index in [1.165, 1.54) is 53.1 Å². The lowest BCUT2D eigenvalue weighted by Gasteiger charge is -2.13. The Balaban J connectivity index is 1.02. The zero-order valence-electron chi connectivity index (χ0n) is 28.4. The third kappa shape index (κ3) is 4.73. The number of benzene rings is 7. The van der Waals surface area contributed by atoms with Crippen LogP contribution in [0.15, 0.2) is 176 Å².